The molecule has 2 aliphatic heterocycles. The second kappa shape index (κ2) is 12.5. The number of benzene rings is 2. The molecule has 0 radical (unpaired) electrons. The van der Waals surface area contributed by atoms with Gasteiger partial charge >= 0.3 is 12.0 Å². The number of amides is 3. The number of esters is 1. The number of hydrogen-bond donors (Lipinski definition) is 1. The van der Waals surface area contributed by atoms with Crippen molar-refractivity contribution >= 4 is 17.9 Å². The monoisotopic (exact) mass is 520 g/mol. The Kier molecular flexibility index (Phi) is 8.91. The molecule has 2 aromatic carbocycles. The zero-order valence-electron chi connectivity index (χ0n) is 21.6. The van der Waals surface area contributed by atoms with Crippen LogP contribution < -0.4 is 5.32 Å². The Hall–Kier alpha value is -3.98. The van der Waals surface area contributed by atoms with E-state index < -0.39 is 17.8 Å². The number of hydrogen-bond acceptors (Lipinski definition) is 5. The van der Waals surface area contributed by atoms with E-state index in [1.165, 1.54) is 17.0 Å². The topological polar surface area (TPSA) is 82.2 Å². The van der Waals surface area contributed by atoms with Gasteiger partial charge in [-0.1, -0.05) is 48.5 Å². The van der Waals surface area contributed by atoms with E-state index in [2.05, 4.69) is 16.8 Å². The van der Waals surface area contributed by atoms with Gasteiger partial charge in [0.2, 0.25) is 0 Å². The summed E-state index contributed by atoms with van der Waals surface area (Å²) in [5.41, 5.74) is 1.76. The molecule has 9 heteroatoms. The van der Waals surface area contributed by atoms with Crippen LogP contribution >= 0.6 is 0 Å². The van der Waals surface area contributed by atoms with Gasteiger partial charge in [-0.3, -0.25) is 14.6 Å². The summed E-state index contributed by atoms with van der Waals surface area (Å²) in [5, 5.41) is 2.96. The van der Waals surface area contributed by atoms with Gasteiger partial charge in [0.25, 0.3) is 5.91 Å². The van der Waals surface area contributed by atoms with E-state index in [9.17, 15) is 18.8 Å². The smallest absolute Gasteiger partial charge is 0.338 e. The Balaban J connectivity index is 1.63. The normalized spacial score (nSPS) is 18.6. The summed E-state index contributed by atoms with van der Waals surface area (Å²) < 4.78 is 19.7. The highest BCUT2D eigenvalue weighted by atomic mass is 19.1. The van der Waals surface area contributed by atoms with Crippen molar-refractivity contribution in [1.82, 2.24) is 20.0 Å². The molecular weight excluding hydrogens is 487 g/mol. The van der Waals surface area contributed by atoms with Crippen LogP contribution in [0, 0.1) is 5.82 Å². The molecule has 4 rings (SSSR count). The molecule has 3 amide bonds. The van der Waals surface area contributed by atoms with Crippen LogP contribution in [-0.4, -0.2) is 78.5 Å². The van der Waals surface area contributed by atoms with Gasteiger partial charge in [-0.05, 0) is 31.0 Å². The molecule has 0 bridgehead atoms. The highest BCUT2D eigenvalue weighted by Gasteiger charge is 2.38. The maximum Gasteiger partial charge on any atom is 0.338 e. The average Bonchev–Trinajstić information content (AvgIpc) is 3.16. The first kappa shape index (κ1) is 27.1. The molecule has 200 valence electrons. The SMILES string of the molecule is C=CCN1C(=O)NC(c2ccccc2)C(C(=O)OCC)=C1CN1CCCN(C(=O)c2ccccc2F)CC1. The largest absolute Gasteiger partial charge is 0.463 e. The predicted molar refractivity (Wildman–Crippen MR) is 142 cm³/mol. The third kappa shape index (κ3) is 5.94. The fourth-order valence-corrected chi connectivity index (χ4v) is 4.89. The number of rotatable bonds is 8. The van der Waals surface area contributed by atoms with Gasteiger partial charge in [0, 0.05) is 45.0 Å². The standard InChI is InChI=1S/C29H33FN4O4/c1-3-15-34-24(25(28(36)38-4-2)26(31-29(34)37)21-11-6-5-7-12-21)20-32-16-10-17-33(19-18-32)27(35)22-13-8-9-14-23(22)30/h3,5-9,11-14,26H,1,4,10,15-20H2,2H3,(H,31,37). The van der Waals surface area contributed by atoms with E-state index in [1.807, 2.05) is 30.3 Å². The minimum atomic E-state index is -0.662. The van der Waals surface area contributed by atoms with E-state index in [1.54, 1.807) is 30.0 Å². The second-order valence-electron chi connectivity index (χ2n) is 9.18. The quantitative estimate of drug-likeness (QED) is 0.424. The highest BCUT2D eigenvalue weighted by Crippen LogP contribution is 2.32. The average molecular weight is 521 g/mol. The Bertz CT molecular complexity index is 1220. The second-order valence-corrected chi connectivity index (χ2v) is 9.18. The molecule has 38 heavy (non-hydrogen) atoms. The molecule has 1 N–H and O–H groups in total. The van der Waals surface area contributed by atoms with Gasteiger partial charge < -0.3 is 15.0 Å². The molecule has 1 unspecified atom stereocenters. The molecule has 1 atom stereocenters. The van der Waals surface area contributed by atoms with Crippen molar-refractivity contribution in [3.8, 4) is 0 Å². The molecule has 0 saturated carbocycles. The lowest BCUT2D eigenvalue weighted by atomic mass is 9.94. The lowest BCUT2D eigenvalue weighted by Crippen LogP contribution is -2.51. The van der Waals surface area contributed by atoms with Gasteiger partial charge in [-0.15, -0.1) is 6.58 Å². The Morgan fingerprint density at radius 1 is 1.08 bits per heavy atom. The van der Waals surface area contributed by atoms with Gasteiger partial charge in [0.05, 0.1) is 23.8 Å². The number of carbonyl (C=O) groups is 3. The van der Waals surface area contributed by atoms with Crippen LogP contribution in [0.2, 0.25) is 0 Å². The molecule has 8 nitrogen and oxygen atoms in total. The molecule has 2 aliphatic rings. The number of urea groups is 1. The van der Waals surface area contributed by atoms with Crippen molar-refractivity contribution in [2.24, 2.45) is 0 Å². The van der Waals surface area contributed by atoms with E-state index in [4.69, 9.17) is 4.74 Å². The van der Waals surface area contributed by atoms with Crippen LogP contribution in [0.15, 0.2) is 78.5 Å². The van der Waals surface area contributed by atoms with Crippen LogP contribution in [-0.2, 0) is 9.53 Å². The summed E-state index contributed by atoms with van der Waals surface area (Å²) in [6.07, 6.45) is 2.28. The summed E-state index contributed by atoms with van der Waals surface area (Å²) in [4.78, 5) is 44.8. The summed E-state index contributed by atoms with van der Waals surface area (Å²) in [6.45, 7) is 8.27. The van der Waals surface area contributed by atoms with Crippen molar-refractivity contribution in [1.29, 1.82) is 0 Å². The number of carbonyl (C=O) groups excluding carboxylic acids is 3. The van der Waals surface area contributed by atoms with Crippen molar-refractivity contribution in [2.75, 3.05) is 45.9 Å². The van der Waals surface area contributed by atoms with Gasteiger partial charge in [-0.25, -0.2) is 14.0 Å². The van der Waals surface area contributed by atoms with E-state index in [0.717, 1.165) is 5.56 Å². The Labute approximate surface area is 222 Å². The highest BCUT2D eigenvalue weighted by molar-refractivity contribution is 5.95. The van der Waals surface area contributed by atoms with Crippen molar-refractivity contribution in [3.63, 3.8) is 0 Å². The lowest BCUT2D eigenvalue weighted by Gasteiger charge is -2.38. The third-order valence-electron chi connectivity index (χ3n) is 6.73. The molecule has 2 heterocycles. The summed E-state index contributed by atoms with van der Waals surface area (Å²) in [7, 11) is 0. The maximum atomic E-state index is 14.2. The van der Waals surface area contributed by atoms with Crippen LogP contribution in [0.4, 0.5) is 9.18 Å². The van der Waals surface area contributed by atoms with E-state index >= 15 is 0 Å². The van der Waals surface area contributed by atoms with Gasteiger partial charge in [0.15, 0.2) is 0 Å². The van der Waals surface area contributed by atoms with Crippen molar-refractivity contribution in [3.05, 3.63) is 95.5 Å². The van der Waals surface area contributed by atoms with Crippen LogP contribution in [0.5, 0.6) is 0 Å². The van der Waals surface area contributed by atoms with Crippen LogP contribution in [0.3, 0.4) is 0 Å². The first-order valence-corrected chi connectivity index (χ1v) is 12.8. The number of nitrogens with zero attached hydrogens (tertiary/aromatic N) is 3. The maximum absolute atomic E-state index is 14.2. The van der Waals surface area contributed by atoms with Gasteiger partial charge in [0.1, 0.15) is 5.82 Å². The minimum Gasteiger partial charge on any atom is -0.463 e. The first-order chi connectivity index (χ1) is 18.4. The fraction of sp³-hybridized carbons (Fsp3) is 0.345. The summed E-state index contributed by atoms with van der Waals surface area (Å²) in [5.74, 6) is -1.37. The first-order valence-electron chi connectivity index (χ1n) is 12.8. The summed E-state index contributed by atoms with van der Waals surface area (Å²) in [6, 6.07) is 14.3. The Morgan fingerprint density at radius 2 is 1.82 bits per heavy atom. The fourth-order valence-electron chi connectivity index (χ4n) is 4.89. The minimum absolute atomic E-state index is 0.0556. The lowest BCUT2D eigenvalue weighted by molar-refractivity contribution is -0.139. The summed E-state index contributed by atoms with van der Waals surface area (Å²) >= 11 is 0. The molecule has 0 spiro atoms. The molecule has 0 aliphatic carbocycles. The van der Waals surface area contributed by atoms with Crippen LogP contribution in [0.25, 0.3) is 0 Å². The molecule has 0 aromatic heterocycles. The zero-order valence-corrected chi connectivity index (χ0v) is 21.6. The van der Waals surface area contributed by atoms with Gasteiger partial charge in [-0.2, -0.15) is 0 Å². The number of nitrogens with one attached hydrogen (secondary N) is 1. The van der Waals surface area contributed by atoms with Crippen molar-refractivity contribution in [2.45, 2.75) is 19.4 Å². The van der Waals surface area contributed by atoms with E-state index in [0.29, 0.717) is 50.4 Å². The number of ether oxygens (including phenoxy) is 1. The molecule has 2 aromatic rings. The molecular formula is C29H33FN4O4. The van der Waals surface area contributed by atoms with Crippen molar-refractivity contribution < 1.29 is 23.5 Å². The predicted octanol–water partition coefficient (Wildman–Crippen LogP) is 3.74. The molecule has 1 saturated heterocycles. The third-order valence-corrected chi connectivity index (χ3v) is 6.73. The van der Waals surface area contributed by atoms with E-state index in [-0.39, 0.29) is 30.7 Å². The van der Waals surface area contributed by atoms with Crippen LogP contribution in [0.1, 0.15) is 35.3 Å². The zero-order chi connectivity index (χ0) is 27.1. The number of halogens is 1. The Morgan fingerprint density at radius 3 is 2.53 bits per heavy atom. The molecule has 1 fully saturated rings.